The van der Waals surface area contributed by atoms with Gasteiger partial charge in [-0.1, -0.05) is 36.0 Å². The molecule has 0 spiro atoms. The molecule has 0 aliphatic rings. The van der Waals surface area contributed by atoms with Crippen LogP contribution in [0, 0.1) is 6.92 Å². The van der Waals surface area contributed by atoms with Crippen molar-refractivity contribution in [2.75, 3.05) is 5.32 Å². The molecule has 0 saturated carbocycles. The fourth-order valence-electron chi connectivity index (χ4n) is 2.90. The van der Waals surface area contributed by atoms with Gasteiger partial charge in [0.25, 0.3) is 11.8 Å². The van der Waals surface area contributed by atoms with E-state index in [-0.39, 0.29) is 23.4 Å². The van der Waals surface area contributed by atoms with Gasteiger partial charge in [-0.15, -0.1) is 0 Å². The lowest BCUT2D eigenvalue weighted by atomic mass is 10.1. The molecule has 0 radical (unpaired) electrons. The third-order valence-corrected chi connectivity index (χ3v) is 5.83. The monoisotopic (exact) mass is 412 g/mol. The first-order valence-corrected chi connectivity index (χ1v) is 10.6. The summed E-state index contributed by atoms with van der Waals surface area (Å²) in [7, 11) is 0. The molecule has 0 aliphatic carbocycles. The van der Waals surface area contributed by atoms with Crippen LogP contribution in [0.5, 0.6) is 0 Å². The molecule has 7 heteroatoms. The maximum Gasteiger partial charge on any atom is 0.257 e. The number of rotatable bonds is 5. The van der Waals surface area contributed by atoms with E-state index in [1.54, 1.807) is 12.1 Å². The Morgan fingerprint density at radius 1 is 1.17 bits per heavy atom. The van der Waals surface area contributed by atoms with Crippen molar-refractivity contribution in [1.82, 2.24) is 14.9 Å². The first kappa shape index (κ1) is 21.0. The summed E-state index contributed by atoms with van der Waals surface area (Å²) in [5.41, 5.74) is 2.71. The molecule has 1 aromatic carbocycles. The molecule has 3 rings (SSSR count). The number of hydrogen-bond acceptors (Lipinski definition) is 4. The number of fused-ring (bicyclic) bond motifs is 1. The zero-order valence-corrected chi connectivity index (χ0v) is 18.6. The first-order valence-electron chi connectivity index (χ1n) is 9.81. The third kappa shape index (κ3) is 4.50. The zero-order valence-electron chi connectivity index (χ0n) is 17.8. The van der Waals surface area contributed by atoms with Gasteiger partial charge in [0.05, 0.1) is 10.3 Å². The van der Waals surface area contributed by atoms with Crippen LogP contribution in [0.15, 0.2) is 30.5 Å². The summed E-state index contributed by atoms with van der Waals surface area (Å²) in [6, 6.07) is 7.47. The van der Waals surface area contributed by atoms with Gasteiger partial charge in [-0.05, 0) is 53.2 Å². The van der Waals surface area contributed by atoms with Gasteiger partial charge in [0.15, 0.2) is 10.8 Å². The molecule has 0 bridgehead atoms. The number of benzene rings is 1. The maximum atomic E-state index is 12.8. The van der Waals surface area contributed by atoms with Crippen LogP contribution in [0.25, 0.3) is 10.3 Å². The Morgan fingerprint density at radius 2 is 1.83 bits per heavy atom. The topological polar surface area (TPSA) is 76.0 Å². The molecular formula is C22H28N4O2S. The molecule has 1 atom stereocenters. The Labute approximate surface area is 175 Å². The standard InChI is InChI=1S/C22H28N4O2S/c1-7-14(3)23-20(28)16-12-26(22(4,5)6)18-17(16)29-21(24-18)25-19(27)15-10-8-13(2)9-11-15/h8-12,14H,7H2,1-6H3,(H,23,28)(H,24,25,27). The Balaban J connectivity index is 1.97. The second kappa shape index (κ2) is 7.99. The average molecular weight is 413 g/mol. The number of aryl methyl sites for hydroxylation is 1. The summed E-state index contributed by atoms with van der Waals surface area (Å²) in [6.45, 7) is 12.2. The number of anilines is 1. The summed E-state index contributed by atoms with van der Waals surface area (Å²) >= 11 is 1.33. The highest BCUT2D eigenvalue weighted by atomic mass is 32.1. The molecule has 0 aliphatic heterocycles. The van der Waals surface area contributed by atoms with E-state index in [4.69, 9.17) is 0 Å². The minimum absolute atomic E-state index is 0.0872. The number of nitrogens with zero attached hydrogens (tertiary/aromatic N) is 2. The van der Waals surface area contributed by atoms with Gasteiger partial charge in [-0.2, -0.15) is 0 Å². The largest absolute Gasteiger partial charge is 0.350 e. The predicted octanol–water partition coefficient (Wildman–Crippen LogP) is 4.94. The summed E-state index contributed by atoms with van der Waals surface area (Å²) in [5.74, 6) is -0.332. The minimum Gasteiger partial charge on any atom is -0.350 e. The number of nitrogens with one attached hydrogen (secondary N) is 2. The van der Waals surface area contributed by atoms with E-state index in [1.807, 2.05) is 43.7 Å². The molecule has 1 unspecified atom stereocenters. The van der Waals surface area contributed by atoms with E-state index >= 15 is 0 Å². The number of carbonyl (C=O) groups excluding carboxylic acids is 2. The van der Waals surface area contributed by atoms with Crippen molar-refractivity contribution in [2.45, 2.75) is 59.5 Å². The van der Waals surface area contributed by atoms with Crippen LogP contribution in [-0.2, 0) is 5.54 Å². The number of hydrogen-bond donors (Lipinski definition) is 2. The van der Waals surface area contributed by atoms with E-state index in [0.29, 0.717) is 21.9 Å². The fraction of sp³-hybridized carbons (Fsp3) is 0.409. The smallest absolute Gasteiger partial charge is 0.257 e. The van der Waals surface area contributed by atoms with Crippen LogP contribution < -0.4 is 10.6 Å². The van der Waals surface area contributed by atoms with Crippen LogP contribution in [0.2, 0.25) is 0 Å². The predicted molar refractivity (Wildman–Crippen MR) is 119 cm³/mol. The Morgan fingerprint density at radius 3 is 2.41 bits per heavy atom. The van der Waals surface area contributed by atoms with E-state index in [0.717, 1.165) is 16.7 Å². The van der Waals surface area contributed by atoms with Crippen molar-refractivity contribution in [1.29, 1.82) is 0 Å². The average Bonchev–Trinajstić information content (AvgIpc) is 3.19. The molecule has 3 aromatic rings. The highest BCUT2D eigenvalue weighted by Crippen LogP contribution is 2.34. The van der Waals surface area contributed by atoms with Crippen molar-refractivity contribution in [3.63, 3.8) is 0 Å². The van der Waals surface area contributed by atoms with Crippen LogP contribution in [0.1, 0.15) is 67.3 Å². The normalized spacial score (nSPS) is 12.8. The van der Waals surface area contributed by atoms with E-state index in [9.17, 15) is 9.59 Å². The maximum absolute atomic E-state index is 12.8. The quantitative estimate of drug-likeness (QED) is 0.623. The summed E-state index contributed by atoms with van der Waals surface area (Å²) in [6.07, 6.45) is 2.72. The van der Waals surface area contributed by atoms with Gasteiger partial charge < -0.3 is 9.88 Å². The van der Waals surface area contributed by atoms with Gasteiger partial charge in [-0.25, -0.2) is 4.98 Å². The van der Waals surface area contributed by atoms with E-state index in [1.165, 1.54) is 11.3 Å². The molecule has 0 saturated heterocycles. The minimum atomic E-state index is -0.251. The van der Waals surface area contributed by atoms with Crippen molar-refractivity contribution in [3.8, 4) is 0 Å². The molecule has 0 fully saturated rings. The van der Waals surface area contributed by atoms with Crippen molar-refractivity contribution >= 4 is 38.6 Å². The van der Waals surface area contributed by atoms with Crippen LogP contribution in [0.4, 0.5) is 5.13 Å². The Kier molecular flexibility index (Phi) is 5.80. The van der Waals surface area contributed by atoms with Crippen LogP contribution >= 0.6 is 11.3 Å². The molecule has 2 heterocycles. The molecule has 2 aromatic heterocycles. The number of carbonyl (C=O) groups is 2. The lowest BCUT2D eigenvalue weighted by Gasteiger charge is -2.21. The summed E-state index contributed by atoms with van der Waals surface area (Å²) in [5, 5.41) is 6.38. The third-order valence-electron chi connectivity index (χ3n) is 4.83. The SMILES string of the molecule is CCC(C)NC(=O)c1cn(C(C)(C)C)c2nc(NC(=O)c3ccc(C)cc3)sc12. The van der Waals surface area contributed by atoms with Gasteiger partial charge >= 0.3 is 0 Å². The van der Waals surface area contributed by atoms with E-state index in [2.05, 4.69) is 36.4 Å². The van der Waals surface area contributed by atoms with Gasteiger partial charge in [0, 0.05) is 23.3 Å². The number of amides is 2. The van der Waals surface area contributed by atoms with Gasteiger partial charge in [-0.3, -0.25) is 14.9 Å². The number of aromatic nitrogens is 2. The van der Waals surface area contributed by atoms with Crippen LogP contribution in [0.3, 0.4) is 0 Å². The number of thiazole rings is 1. The highest BCUT2D eigenvalue weighted by molar-refractivity contribution is 7.22. The summed E-state index contributed by atoms with van der Waals surface area (Å²) < 4.78 is 2.77. The molecule has 29 heavy (non-hydrogen) atoms. The van der Waals surface area contributed by atoms with Gasteiger partial charge in [0.2, 0.25) is 0 Å². The Bertz CT molecular complexity index is 1040. The summed E-state index contributed by atoms with van der Waals surface area (Å²) in [4.78, 5) is 30.0. The van der Waals surface area contributed by atoms with Crippen LogP contribution in [-0.4, -0.2) is 27.4 Å². The second-order valence-electron chi connectivity index (χ2n) is 8.36. The molecule has 2 amide bonds. The lowest BCUT2D eigenvalue weighted by molar-refractivity contribution is 0.0940. The molecule has 2 N–H and O–H groups in total. The zero-order chi connectivity index (χ0) is 21.3. The molecular weight excluding hydrogens is 384 g/mol. The first-order chi connectivity index (χ1) is 13.6. The fourth-order valence-corrected chi connectivity index (χ4v) is 3.86. The highest BCUT2D eigenvalue weighted by Gasteiger charge is 2.25. The molecule has 154 valence electrons. The second-order valence-corrected chi connectivity index (χ2v) is 9.36. The van der Waals surface area contributed by atoms with Crippen molar-refractivity contribution in [2.24, 2.45) is 0 Å². The lowest BCUT2D eigenvalue weighted by Crippen LogP contribution is -2.31. The molecule has 6 nitrogen and oxygen atoms in total. The Hall–Kier alpha value is -2.67. The van der Waals surface area contributed by atoms with E-state index < -0.39 is 0 Å². The van der Waals surface area contributed by atoms with Crippen molar-refractivity contribution < 1.29 is 9.59 Å². The van der Waals surface area contributed by atoms with Gasteiger partial charge in [0.1, 0.15) is 0 Å². The van der Waals surface area contributed by atoms with Crippen molar-refractivity contribution in [3.05, 3.63) is 47.2 Å².